The molecule has 1 aliphatic heterocycles. The molecule has 2 aliphatic carbocycles. The SMILES string of the molecule is CC(C)(C)[C@@H](C(=O)N1CC(O)CC1C(=O)NCCc1nccc(C2CC2)n1)n1cc(C2CC2)nn1. The van der Waals surface area contributed by atoms with E-state index in [4.69, 9.17) is 0 Å². The Hall–Kier alpha value is -2.88. The van der Waals surface area contributed by atoms with Crippen LogP contribution >= 0.6 is 0 Å². The van der Waals surface area contributed by atoms with Crippen molar-refractivity contribution in [2.75, 3.05) is 13.1 Å². The Kier molecular flexibility index (Phi) is 6.33. The molecular formula is C25H35N7O3. The monoisotopic (exact) mass is 481 g/mol. The Morgan fingerprint density at radius 2 is 1.89 bits per heavy atom. The molecule has 2 saturated carbocycles. The highest BCUT2D eigenvalue weighted by Gasteiger charge is 2.45. The van der Waals surface area contributed by atoms with Crippen LogP contribution in [0.4, 0.5) is 0 Å². The number of amides is 2. The predicted octanol–water partition coefficient (Wildman–Crippen LogP) is 1.73. The van der Waals surface area contributed by atoms with Gasteiger partial charge in [-0.05, 0) is 37.2 Å². The van der Waals surface area contributed by atoms with E-state index >= 15 is 0 Å². The van der Waals surface area contributed by atoms with E-state index in [2.05, 4.69) is 25.6 Å². The van der Waals surface area contributed by atoms with Gasteiger partial charge >= 0.3 is 0 Å². The van der Waals surface area contributed by atoms with Gasteiger partial charge in [0, 0.05) is 55.9 Å². The van der Waals surface area contributed by atoms with Gasteiger partial charge in [0.05, 0.1) is 11.8 Å². The van der Waals surface area contributed by atoms with Crippen LogP contribution in [-0.4, -0.2) is 72.0 Å². The summed E-state index contributed by atoms with van der Waals surface area (Å²) in [5.74, 6) is 1.20. The van der Waals surface area contributed by atoms with Gasteiger partial charge in [-0.3, -0.25) is 9.59 Å². The van der Waals surface area contributed by atoms with Crippen molar-refractivity contribution in [3.8, 4) is 0 Å². The Bertz CT molecular complexity index is 1090. The fraction of sp³-hybridized carbons (Fsp3) is 0.680. The Morgan fingerprint density at radius 3 is 2.57 bits per heavy atom. The number of nitrogens with one attached hydrogen (secondary N) is 1. The third-order valence-corrected chi connectivity index (χ3v) is 7.08. The Labute approximate surface area is 205 Å². The first-order valence-corrected chi connectivity index (χ1v) is 12.7. The van der Waals surface area contributed by atoms with E-state index in [0.29, 0.717) is 30.6 Å². The number of carbonyl (C=O) groups excluding carboxylic acids is 2. The fourth-order valence-corrected chi connectivity index (χ4v) is 4.88. The molecule has 2 amide bonds. The summed E-state index contributed by atoms with van der Waals surface area (Å²) in [6.07, 6.45) is 8.18. The van der Waals surface area contributed by atoms with Crippen LogP contribution < -0.4 is 5.32 Å². The van der Waals surface area contributed by atoms with Crippen molar-refractivity contribution in [3.05, 3.63) is 35.7 Å². The number of aliphatic hydroxyl groups is 1. The smallest absolute Gasteiger partial charge is 0.248 e. The normalized spacial score (nSPS) is 23.4. The largest absolute Gasteiger partial charge is 0.391 e. The average molecular weight is 482 g/mol. The lowest BCUT2D eigenvalue weighted by molar-refractivity contribution is -0.144. The molecule has 10 nitrogen and oxygen atoms in total. The van der Waals surface area contributed by atoms with E-state index in [0.717, 1.165) is 24.2 Å². The lowest BCUT2D eigenvalue weighted by Gasteiger charge is -2.34. The van der Waals surface area contributed by atoms with Gasteiger partial charge in [0.15, 0.2) is 0 Å². The van der Waals surface area contributed by atoms with Crippen LogP contribution in [0.3, 0.4) is 0 Å². The minimum absolute atomic E-state index is 0.125. The molecule has 2 aromatic rings. The number of nitrogens with zero attached hydrogens (tertiary/aromatic N) is 6. The van der Waals surface area contributed by atoms with E-state index in [1.54, 1.807) is 10.9 Å². The summed E-state index contributed by atoms with van der Waals surface area (Å²) in [5.41, 5.74) is 1.53. The van der Waals surface area contributed by atoms with E-state index in [9.17, 15) is 14.7 Å². The van der Waals surface area contributed by atoms with Crippen molar-refractivity contribution in [1.29, 1.82) is 0 Å². The van der Waals surface area contributed by atoms with Gasteiger partial charge in [0.1, 0.15) is 17.9 Å². The minimum Gasteiger partial charge on any atom is -0.391 e. The van der Waals surface area contributed by atoms with Gasteiger partial charge in [-0.1, -0.05) is 26.0 Å². The number of carbonyl (C=O) groups is 2. The van der Waals surface area contributed by atoms with Crippen molar-refractivity contribution in [3.63, 3.8) is 0 Å². The summed E-state index contributed by atoms with van der Waals surface area (Å²) in [7, 11) is 0. The van der Waals surface area contributed by atoms with Crippen molar-refractivity contribution in [1.82, 2.24) is 35.2 Å². The molecule has 2 unspecified atom stereocenters. The van der Waals surface area contributed by atoms with Gasteiger partial charge in [-0.15, -0.1) is 5.10 Å². The van der Waals surface area contributed by atoms with Crippen LogP contribution in [0.1, 0.15) is 88.0 Å². The zero-order valence-electron chi connectivity index (χ0n) is 20.7. The summed E-state index contributed by atoms with van der Waals surface area (Å²) in [6, 6.07) is 0.603. The van der Waals surface area contributed by atoms with Crippen LogP contribution in [-0.2, 0) is 16.0 Å². The molecule has 0 radical (unpaired) electrons. The highest BCUT2D eigenvalue weighted by atomic mass is 16.3. The first-order valence-electron chi connectivity index (χ1n) is 12.7. The number of likely N-dealkylation sites (tertiary alicyclic amines) is 1. The van der Waals surface area contributed by atoms with Crippen LogP contribution in [0.15, 0.2) is 18.5 Å². The number of rotatable bonds is 8. The molecule has 188 valence electrons. The van der Waals surface area contributed by atoms with Crippen LogP contribution in [0.2, 0.25) is 0 Å². The average Bonchev–Trinajstić information content (AvgIpc) is 3.74. The minimum atomic E-state index is -0.744. The van der Waals surface area contributed by atoms with Crippen LogP contribution in [0, 0.1) is 5.41 Å². The number of β-amino-alcohol motifs (C(OH)–C–C–N with tert-alkyl or cyclic N) is 1. The summed E-state index contributed by atoms with van der Waals surface area (Å²) in [4.78, 5) is 37.3. The Morgan fingerprint density at radius 1 is 1.17 bits per heavy atom. The first-order chi connectivity index (χ1) is 16.7. The van der Waals surface area contributed by atoms with Crippen molar-refractivity contribution in [2.45, 2.75) is 89.3 Å². The maximum absolute atomic E-state index is 13.8. The van der Waals surface area contributed by atoms with Gasteiger partial charge < -0.3 is 15.3 Å². The quantitative estimate of drug-likeness (QED) is 0.588. The molecule has 10 heteroatoms. The molecule has 5 rings (SSSR count). The maximum Gasteiger partial charge on any atom is 0.248 e. The highest BCUT2D eigenvalue weighted by Crippen LogP contribution is 2.40. The standard InChI is InChI=1S/C25H35N7O3/c1-25(2,3)22(32-14-19(29-30-32)16-6-7-16)24(35)31-13-17(33)12-20(31)23(34)27-11-9-21-26-10-8-18(28-21)15-4-5-15/h8,10,14-17,20,22,33H,4-7,9,11-13H2,1-3H3,(H,27,34)/t17?,20?,22-/m1/s1. The topological polar surface area (TPSA) is 126 Å². The number of aliphatic hydroxyl groups excluding tert-OH is 1. The van der Waals surface area contributed by atoms with Crippen LogP contribution in [0.5, 0.6) is 0 Å². The van der Waals surface area contributed by atoms with Gasteiger partial charge in [0.2, 0.25) is 11.8 Å². The molecule has 0 spiro atoms. The second-order valence-corrected chi connectivity index (χ2v) is 11.3. The van der Waals surface area contributed by atoms with Crippen molar-refractivity contribution in [2.24, 2.45) is 5.41 Å². The van der Waals surface area contributed by atoms with Crippen LogP contribution in [0.25, 0.3) is 0 Å². The van der Waals surface area contributed by atoms with E-state index in [1.165, 1.54) is 17.7 Å². The fourth-order valence-electron chi connectivity index (χ4n) is 4.88. The molecule has 0 bridgehead atoms. The van der Waals surface area contributed by atoms with E-state index in [1.807, 2.05) is 33.0 Å². The zero-order valence-corrected chi connectivity index (χ0v) is 20.7. The molecule has 2 aromatic heterocycles. The second-order valence-electron chi connectivity index (χ2n) is 11.3. The van der Waals surface area contributed by atoms with Crippen molar-refractivity contribution >= 4 is 11.8 Å². The Balaban J connectivity index is 1.25. The number of hydrogen-bond acceptors (Lipinski definition) is 7. The number of hydrogen-bond donors (Lipinski definition) is 2. The molecule has 3 atom stereocenters. The third kappa shape index (κ3) is 5.37. The molecule has 3 heterocycles. The molecule has 1 saturated heterocycles. The molecule has 2 N–H and O–H groups in total. The van der Waals surface area contributed by atoms with E-state index < -0.39 is 23.6 Å². The highest BCUT2D eigenvalue weighted by molar-refractivity contribution is 5.90. The summed E-state index contributed by atoms with van der Waals surface area (Å²) in [6.45, 7) is 6.43. The predicted molar refractivity (Wildman–Crippen MR) is 127 cm³/mol. The van der Waals surface area contributed by atoms with Crippen molar-refractivity contribution < 1.29 is 14.7 Å². The molecule has 3 fully saturated rings. The first kappa shape index (κ1) is 23.8. The third-order valence-electron chi connectivity index (χ3n) is 7.08. The maximum atomic E-state index is 13.8. The summed E-state index contributed by atoms with van der Waals surface area (Å²) >= 11 is 0. The zero-order chi connectivity index (χ0) is 24.7. The lowest BCUT2D eigenvalue weighted by atomic mass is 9.85. The second kappa shape index (κ2) is 9.29. The van der Waals surface area contributed by atoms with E-state index in [-0.39, 0.29) is 24.8 Å². The summed E-state index contributed by atoms with van der Waals surface area (Å²) < 4.78 is 1.64. The van der Waals surface area contributed by atoms with Gasteiger partial charge in [0.25, 0.3) is 0 Å². The summed E-state index contributed by atoms with van der Waals surface area (Å²) in [5, 5.41) is 21.9. The molecular weight excluding hydrogens is 446 g/mol. The molecule has 3 aliphatic rings. The molecule has 35 heavy (non-hydrogen) atoms. The van der Waals surface area contributed by atoms with Gasteiger partial charge in [-0.2, -0.15) is 0 Å². The van der Waals surface area contributed by atoms with Gasteiger partial charge in [-0.25, -0.2) is 14.6 Å². The lowest BCUT2D eigenvalue weighted by Crippen LogP contribution is -2.50. The molecule has 0 aromatic carbocycles. The number of aromatic nitrogens is 5.